The molecule has 28 heavy (non-hydrogen) atoms. The lowest BCUT2D eigenvalue weighted by atomic mass is 9.86. The van der Waals surface area contributed by atoms with Crippen molar-refractivity contribution < 1.29 is 26.4 Å². The number of nitrogens with one attached hydrogen (secondary N) is 3. The maximum Gasteiger partial charge on any atom is 0.287 e. The Morgan fingerprint density at radius 2 is 1.96 bits per heavy atom. The molecule has 0 aliphatic carbocycles. The summed E-state index contributed by atoms with van der Waals surface area (Å²) in [5.41, 5.74) is 0.582. The molecule has 1 aliphatic heterocycles. The van der Waals surface area contributed by atoms with Crippen molar-refractivity contribution in [3.8, 4) is 0 Å². The highest BCUT2D eigenvalue weighted by molar-refractivity contribution is 7.89. The van der Waals surface area contributed by atoms with Crippen molar-refractivity contribution in [1.29, 1.82) is 0 Å². The van der Waals surface area contributed by atoms with Gasteiger partial charge in [-0.2, -0.15) is 0 Å². The fourth-order valence-electron chi connectivity index (χ4n) is 3.08. The SMILES string of the molecule is CNS(=O)(=O)c1ccc(C(=O)NC2CNCCC2c2ccc(F)c(F)c2)o1.Cl. The Morgan fingerprint density at radius 1 is 1.21 bits per heavy atom. The molecule has 7 nitrogen and oxygen atoms in total. The first-order valence-corrected chi connectivity index (χ1v) is 9.80. The van der Waals surface area contributed by atoms with Crippen LogP contribution in [0.1, 0.15) is 28.5 Å². The highest BCUT2D eigenvalue weighted by atomic mass is 35.5. The maximum atomic E-state index is 13.6. The average molecular weight is 436 g/mol. The van der Waals surface area contributed by atoms with E-state index in [9.17, 15) is 22.0 Å². The average Bonchev–Trinajstić information content (AvgIpc) is 3.16. The van der Waals surface area contributed by atoms with E-state index in [0.29, 0.717) is 25.1 Å². The van der Waals surface area contributed by atoms with Crippen LogP contribution in [0, 0.1) is 11.6 Å². The van der Waals surface area contributed by atoms with E-state index in [-0.39, 0.29) is 29.2 Å². The second kappa shape index (κ2) is 8.99. The molecule has 154 valence electrons. The van der Waals surface area contributed by atoms with Gasteiger partial charge in [-0.25, -0.2) is 21.9 Å². The van der Waals surface area contributed by atoms with Gasteiger partial charge < -0.3 is 15.1 Å². The largest absolute Gasteiger partial charge is 0.438 e. The lowest BCUT2D eigenvalue weighted by molar-refractivity contribution is 0.0891. The van der Waals surface area contributed by atoms with Gasteiger partial charge in [0.05, 0.1) is 0 Å². The van der Waals surface area contributed by atoms with Crippen LogP contribution in [0.3, 0.4) is 0 Å². The van der Waals surface area contributed by atoms with Crippen LogP contribution in [0.25, 0.3) is 0 Å². The summed E-state index contributed by atoms with van der Waals surface area (Å²) in [4.78, 5) is 12.5. The quantitative estimate of drug-likeness (QED) is 0.664. The molecule has 2 atom stereocenters. The molecule has 1 fully saturated rings. The number of amides is 1. The summed E-state index contributed by atoms with van der Waals surface area (Å²) in [6.45, 7) is 1.10. The topological polar surface area (TPSA) is 100 Å². The van der Waals surface area contributed by atoms with Gasteiger partial charge in [0.1, 0.15) is 0 Å². The molecule has 1 aliphatic rings. The summed E-state index contributed by atoms with van der Waals surface area (Å²) in [7, 11) is -2.56. The molecule has 3 rings (SSSR count). The molecule has 0 saturated carbocycles. The minimum atomic E-state index is -3.79. The van der Waals surface area contributed by atoms with Gasteiger partial charge >= 0.3 is 0 Å². The van der Waals surface area contributed by atoms with E-state index in [1.807, 2.05) is 0 Å². The number of rotatable bonds is 5. The number of hydrogen-bond acceptors (Lipinski definition) is 5. The van der Waals surface area contributed by atoms with Gasteiger partial charge in [-0.15, -0.1) is 12.4 Å². The van der Waals surface area contributed by atoms with Gasteiger partial charge in [0, 0.05) is 18.5 Å². The molecule has 2 aromatic rings. The molecular weight excluding hydrogens is 416 g/mol. The number of piperidine rings is 1. The van der Waals surface area contributed by atoms with Gasteiger partial charge in [-0.3, -0.25) is 4.79 Å². The fourth-order valence-corrected chi connectivity index (χ4v) is 3.73. The van der Waals surface area contributed by atoms with Crippen LogP contribution >= 0.6 is 12.4 Å². The van der Waals surface area contributed by atoms with Crippen molar-refractivity contribution in [1.82, 2.24) is 15.4 Å². The minimum absolute atomic E-state index is 0. The third kappa shape index (κ3) is 4.69. The van der Waals surface area contributed by atoms with Crippen LogP contribution in [0.4, 0.5) is 8.78 Å². The number of furan rings is 1. The molecule has 1 saturated heterocycles. The second-order valence-electron chi connectivity index (χ2n) is 6.18. The highest BCUT2D eigenvalue weighted by Crippen LogP contribution is 2.27. The number of carbonyl (C=O) groups excluding carboxylic acids is 1. The van der Waals surface area contributed by atoms with E-state index < -0.39 is 33.6 Å². The van der Waals surface area contributed by atoms with E-state index in [4.69, 9.17) is 4.42 Å². The van der Waals surface area contributed by atoms with Gasteiger partial charge in [0.2, 0.25) is 5.09 Å². The molecule has 1 aromatic carbocycles. The molecule has 1 amide bonds. The summed E-state index contributed by atoms with van der Waals surface area (Å²) in [6.07, 6.45) is 0.619. The van der Waals surface area contributed by atoms with Gasteiger partial charge in [0.15, 0.2) is 17.4 Å². The fraction of sp³-hybridized carbons (Fsp3) is 0.353. The lowest BCUT2D eigenvalue weighted by Crippen LogP contribution is -2.50. The van der Waals surface area contributed by atoms with Crippen molar-refractivity contribution >= 4 is 28.3 Å². The van der Waals surface area contributed by atoms with E-state index in [1.165, 1.54) is 25.2 Å². The number of halogens is 3. The molecule has 2 unspecified atom stereocenters. The molecule has 1 aromatic heterocycles. The summed E-state index contributed by atoms with van der Waals surface area (Å²) >= 11 is 0. The molecule has 0 spiro atoms. The zero-order chi connectivity index (χ0) is 19.6. The van der Waals surface area contributed by atoms with E-state index in [2.05, 4.69) is 15.4 Å². The first-order valence-electron chi connectivity index (χ1n) is 8.31. The van der Waals surface area contributed by atoms with Crippen molar-refractivity contribution in [3.63, 3.8) is 0 Å². The third-order valence-corrected chi connectivity index (χ3v) is 5.80. The predicted molar refractivity (Wildman–Crippen MR) is 100 cm³/mol. The molecule has 0 radical (unpaired) electrons. The van der Waals surface area contributed by atoms with Crippen molar-refractivity contribution in [3.05, 3.63) is 53.3 Å². The number of hydrogen-bond donors (Lipinski definition) is 3. The standard InChI is InChI=1S/C17H19F2N3O4S.ClH/c1-20-27(24,25)16-5-4-15(26-16)17(23)22-14-9-21-7-6-11(14)10-2-3-12(18)13(19)8-10;/h2-5,8,11,14,20-21H,6-7,9H2,1H3,(H,22,23);1H. The Labute approximate surface area is 167 Å². The lowest BCUT2D eigenvalue weighted by Gasteiger charge is -2.33. The highest BCUT2D eigenvalue weighted by Gasteiger charge is 2.30. The monoisotopic (exact) mass is 435 g/mol. The number of benzene rings is 1. The zero-order valence-corrected chi connectivity index (χ0v) is 16.5. The van der Waals surface area contributed by atoms with E-state index in [1.54, 1.807) is 0 Å². The number of carbonyl (C=O) groups is 1. The summed E-state index contributed by atoms with van der Waals surface area (Å²) < 4.78 is 57.4. The smallest absolute Gasteiger partial charge is 0.287 e. The van der Waals surface area contributed by atoms with Crippen LogP contribution in [0.5, 0.6) is 0 Å². The molecular formula is C17H20ClF2N3O4S. The van der Waals surface area contributed by atoms with Crippen LogP contribution < -0.4 is 15.4 Å². The first kappa shape index (κ1) is 22.3. The summed E-state index contributed by atoms with van der Waals surface area (Å²) in [6, 6.07) is 5.75. The van der Waals surface area contributed by atoms with Gasteiger partial charge in [0.25, 0.3) is 15.9 Å². The van der Waals surface area contributed by atoms with Crippen molar-refractivity contribution in [2.45, 2.75) is 23.5 Å². The zero-order valence-electron chi connectivity index (χ0n) is 14.9. The van der Waals surface area contributed by atoms with E-state index >= 15 is 0 Å². The molecule has 0 bridgehead atoms. The molecule has 3 N–H and O–H groups in total. The van der Waals surface area contributed by atoms with Crippen LogP contribution in [-0.4, -0.2) is 40.5 Å². The van der Waals surface area contributed by atoms with Crippen molar-refractivity contribution in [2.24, 2.45) is 0 Å². The molecule has 2 heterocycles. The van der Waals surface area contributed by atoms with Crippen LogP contribution in [0.2, 0.25) is 0 Å². The Morgan fingerprint density at radius 3 is 2.64 bits per heavy atom. The molecule has 11 heteroatoms. The first-order chi connectivity index (χ1) is 12.8. The summed E-state index contributed by atoms with van der Waals surface area (Å²) in [5.74, 6) is -2.83. The second-order valence-corrected chi connectivity index (χ2v) is 8.00. The van der Waals surface area contributed by atoms with Crippen LogP contribution in [0.15, 0.2) is 39.8 Å². The van der Waals surface area contributed by atoms with Gasteiger partial charge in [-0.1, -0.05) is 6.07 Å². The summed E-state index contributed by atoms with van der Waals surface area (Å²) in [5, 5.41) is 5.54. The van der Waals surface area contributed by atoms with Crippen molar-refractivity contribution in [2.75, 3.05) is 20.1 Å². The minimum Gasteiger partial charge on any atom is -0.438 e. The Balaban J connectivity index is 0.00000280. The predicted octanol–water partition coefficient (Wildman–Crippen LogP) is 1.76. The Hall–Kier alpha value is -2.01. The normalized spacial score (nSPS) is 19.7. The van der Waals surface area contributed by atoms with E-state index in [0.717, 1.165) is 12.1 Å². The van der Waals surface area contributed by atoms with Gasteiger partial charge in [-0.05, 0) is 49.8 Å². The maximum absolute atomic E-state index is 13.6. The van der Waals surface area contributed by atoms with Crippen LogP contribution in [-0.2, 0) is 10.0 Å². The Kier molecular flexibility index (Phi) is 7.16. The third-order valence-electron chi connectivity index (χ3n) is 4.51. The Bertz CT molecular complexity index is 952. The number of sulfonamides is 1.